The SMILES string of the molecule is CN(C(=O)NCc1c(-c2ccc(OC3CCCCC3)cc2)nnn1C)C1CCCC1. The molecule has 2 aliphatic rings. The number of rotatable bonds is 6. The first-order valence-corrected chi connectivity index (χ1v) is 11.3. The minimum atomic E-state index is -0.0368. The van der Waals surface area contributed by atoms with Gasteiger partial charge < -0.3 is 15.0 Å². The van der Waals surface area contributed by atoms with Crippen LogP contribution in [-0.4, -0.2) is 45.1 Å². The maximum Gasteiger partial charge on any atom is 0.317 e. The van der Waals surface area contributed by atoms with E-state index in [9.17, 15) is 4.79 Å². The third-order valence-electron chi connectivity index (χ3n) is 6.53. The van der Waals surface area contributed by atoms with Crippen LogP contribution in [0.15, 0.2) is 24.3 Å². The van der Waals surface area contributed by atoms with Gasteiger partial charge in [-0.2, -0.15) is 0 Å². The Bertz CT molecular complexity index is 836. The Hall–Kier alpha value is -2.57. The predicted molar refractivity (Wildman–Crippen MR) is 116 cm³/mol. The summed E-state index contributed by atoms with van der Waals surface area (Å²) < 4.78 is 7.87. The van der Waals surface area contributed by atoms with Crippen LogP contribution in [0.5, 0.6) is 5.75 Å². The number of nitrogens with one attached hydrogen (secondary N) is 1. The monoisotopic (exact) mass is 411 g/mol. The number of aromatic nitrogens is 3. The van der Waals surface area contributed by atoms with Gasteiger partial charge in [-0.3, -0.25) is 0 Å². The standard InChI is InChI=1S/C23H33N5O2/c1-27(18-8-6-7-9-18)23(29)24-16-21-22(25-26-28(21)2)17-12-14-20(15-13-17)30-19-10-4-3-5-11-19/h12-15,18-19H,3-11,16H2,1-2H3,(H,24,29). The Labute approximate surface area is 178 Å². The Balaban J connectivity index is 1.39. The predicted octanol–water partition coefficient (Wildman–Crippen LogP) is 4.28. The third kappa shape index (κ3) is 4.77. The lowest BCUT2D eigenvalue weighted by Crippen LogP contribution is -2.42. The van der Waals surface area contributed by atoms with Crippen molar-refractivity contribution in [3.05, 3.63) is 30.0 Å². The van der Waals surface area contributed by atoms with Gasteiger partial charge >= 0.3 is 6.03 Å². The van der Waals surface area contributed by atoms with Crippen LogP contribution in [-0.2, 0) is 13.6 Å². The molecule has 1 aromatic carbocycles. The zero-order chi connectivity index (χ0) is 20.9. The number of hydrogen-bond donors (Lipinski definition) is 1. The van der Waals surface area contributed by atoms with Crippen molar-refractivity contribution in [3.8, 4) is 17.0 Å². The number of carbonyl (C=O) groups excluding carboxylic acids is 1. The summed E-state index contributed by atoms with van der Waals surface area (Å²) in [5.74, 6) is 0.905. The van der Waals surface area contributed by atoms with E-state index in [2.05, 4.69) is 15.6 Å². The van der Waals surface area contributed by atoms with E-state index in [1.54, 1.807) is 4.68 Å². The van der Waals surface area contributed by atoms with Gasteiger partial charge in [-0.05, 0) is 62.8 Å². The molecule has 0 bridgehead atoms. The molecular formula is C23H33N5O2. The lowest BCUT2D eigenvalue weighted by Gasteiger charge is -2.24. The summed E-state index contributed by atoms with van der Waals surface area (Å²) in [7, 11) is 3.75. The molecule has 1 aromatic heterocycles. The molecule has 0 atom stereocenters. The van der Waals surface area contributed by atoms with Gasteiger partial charge in [-0.15, -0.1) is 5.10 Å². The van der Waals surface area contributed by atoms with Crippen molar-refractivity contribution < 1.29 is 9.53 Å². The number of aryl methyl sites for hydroxylation is 1. The molecule has 1 heterocycles. The number of carbonyl (C=O) groups is 1. The molecule has 2 fully saturated rings. The molecule has 4 rings (SSSR count). The smallest absolute Gasteiger partial charge is 0.317 e. The van der Waals surface area contributed by atoms with Gasteiger partial charge in [0.1, 0.15) is 11.4 Å². The van der Waals surface area contributed by atoms with Gasteiger partial charge in [-0.25, -0.2) is 9.48 Å². The minimum Gasteiger partial charge on any atom is -0.490 e. The normalized spacial score (nSPS) is 17.8. The molecule has 2 aromatic rings. The second-order valence-electron chi connectivity index (χ2n) is 8.62. The van der Waals surface area contributed by atoms with Crippen LogP contribution in [0, 0.1) is 0 Å². The highest BCUT2D eigenvalue weighted by molar-refractivity contribution is 5.74. The highest BCUT2D eigenvalue weighted by Gasteiger charge is 2.24. The van der Waals surface area contributed by atoms with Crippen molar-refractivity contribution >= 4 is 6.03 Å². The molecule has 2 aliphatic carbocycles. The maximum atomic E-state index is 12.6. The van der Waals surface area contributed by atoms with Crippen LogP contribution in [0.3, 0.4) is 0 Å². The zero-order valence-electron chi connectivity index (χ0n) is 18.1. The second kappa shape index (κ2) is 9.49. The van der Waals surface area contributed by atoms with Crippen LogP contribution in [0.1, 0.15) is 63.5 Å². The van der Waals surface area contributed by atoms with Gasteiger partial charge in [0, 0.05) is 25.7 Å². The van der Waals surface area contributed by atoms with Crippen molar-refractivity contribution in [2.45, 2.75) is 76.5 Å². The minimum absolute atomic E-state index is 0.0368. The third-order valence-corrected chi connectivity index (χ3v) is 6.53. The quantitative estimate of drug-likeness (QED) is 0.770. The molecule has 30 heavy (non-hydrogen) atoms. The topological polar surface area (TPSA) is 72.3 Å². The fraction of sp³-hybridized carbons (Fsp3) is 0.609. The largest absolute Gasteiger partial charge is 0.490 e. The van der Waals surface area contributed by atoms with E-state index in [4.69, 9.17) is 4.74 Å². The Morgan fingerprint density at radius 3 is 2.47 bits per heavy atom. The molecule has 0 spiro atoms. The van der Waals surface area contributed by atoms with E-state index in [0.29, 0.717) is 18.7 Å². The van der Waals surface area contributed by atoms with Crippen molar-refractivity contribution in [1.29, 1.82) is 0 Å². The summed E-state index contributed by atoms with van der Waals surface area (Å²) >= 11 is 0. The van der Waals surface area contributed by atoms with Crippen LogP contribution in [0.4, 0.5) is 4.79 Å². The molecule has 2 amide bonds. The highest BCUT2D eigenvalue weighted by Crippen LogP contribution is 2.27. The fourth-order valence-electron chi connectivity index (χ4n) is 4.61. The number of amides is 2. The van der Waals surface area contributed by atoms with E-state index >= 15 is 0 Å². The summed E-state index contributed by atoms with van der Waals surface area (Å²) in [6.45, 7) is 0.398. The molecule has 7 nitrogen and oxygen atoms in total. The average Bonchev–Trinajstić information content (AvgIpc) is 3.43. The van der Waals surface area contributed by atoms with Crippen LogP contribution in [0.25, 0.3) is 11.3 Å². The first kappa shape index (κ1) is 20.7. The lowest BCUT2D eigenvalue weighted by atomic mass is 9.98. The van der Waals surface area contributed by atoms with E-state index in [1.165, 1.54) is 32.1 Å². The molecular weight excluding hydrogens is 378 g/mol. The Morgan fingerprint density at radius 1 is 1.10 bits per heavy atom. The zero-order valence-corrected chi connectivity index (χ0v) is 18.1. The molecule has 162 valence electrons. The molecule has 7 heteroatoms. The molecule has 2 saturated carbocycles. The van der Waals surface area contributed by atoms with Gasteiger partial charge in [-0.1, -0.05) is 24.5 Å². The molecule has 0 unspecified atom stereocenters. The van der Waals surface area contributed by atoms with Crippen molar-refractivity contribution in [2.24, 2.45) is 7.05 Å². The van der Waals surface area contributed by atoms with Crippen molar-refractivity contribution in [3.63, 3.8) is 0 Å². The molecule has 0 aliphatic heterocycles. The van der Waals surface area contributed by atoms with Crippen molar-refractivity contribution in [2.75, 3.05) is 7.05 Å². The lowest BCUT2D eigenvalue weighted by molar-refractivity contribution is 0.155. The fourth-order valence-corrected chi connectivity index (χ4v) is 4.61. The number of nitrogens with zero attached hydrogens (tertiary/aromatic N) is 4. The molecule has 0 radical (unpaired) electrons. The summed E-state index contributed by atoms with van der Waals surface area (Å²) in [5.41, 5.74) is 2.67. The average molecular weight is 412 g/mol. The van der Waals surface area contributed by atoms with E-state index in [0.717, 1.165) is 48.4 Å². The van der Waals surface area contributed by atoms with Gasteiger partial charge in [0.2, 0.25) is 0 Å². The summed E-state index contributed by atoms with van der Waals surface area (Å²) in [4.78, 5) is 14.4. The van der Waals surface area contributed by atoms with E-state index in [1.807, 2.05) is 43.3 Å². The highest BCUT2D eigenvalue weighted by atomic mass is 16.5. The number of hydrogen-bond acceptors (Lipinski definition) is 4. The van der Waals surface area contributed by atoms with E-state index in [-0.39, 0.29) is 6.03 Å². The Morgan fingerprint density at radius 2 is 1.77 bits per heavy atom. The number of urea groups is 1. The van der Waals surface area contributed by atoms with Gasteiger partial charge in [0.05, 0.1) is 18.3 Å². The van der Waals surface area contributed by atoms with Crippen LogP contribution >= 0.6 is 0 Å². The van der Waals surface area contributed by atoms with Gasteiger partial charge in [0.25, 0.3) is 0 Å². The summed E-state index contributed by atoms with van der Waals surface area (Å²) in [6.07, 6.45) is 11.1. The van der Waals surface area contributed by atoms with Crippen LogP contribution < -0.4 is 10.1 Å². The summed E-state index contributed by atoms with van der Waals surface area (Å²) in [6, 6.07) is 8.39. The number of benzene rings is 1. The number of ether oxygens (including phenoxy) is 1. The first-order valence-electron chi connectivity index (χ1n) is 11.3. The second-order valence-corrected chi connectivity index (χ2v) is 8.62. The first-order chi connectivity index (χ1) is 14.6. The summed E-state index contributed by atoms with van der Waals surface area (Å²) in [5, 5.41) is 11.6. The maximum absolute atomic E-state index is 12.6. The molecule has 0 saturated heterocycles. The van der Waals surface area contributed by atoms with E-state index < -0.39 is 0 Å². The van der Waals surface area contributed by atoms with Crippen LogP contribution in [0.2, 0.25) is 0 Å². The Kier molecular flexibility index (Phi) is 6.55. The van der Waals surface area contributed by atoms with Crippen molar-refractivity contribution in [1.82, 2.24) is 25.2 Å². The molecule has 1 N–H and O–H groups in total. The van der Waals surface area contributed by atoms with Gasteiger partial charge in [0.15, 0.2) is 0 Å².